The van der Waals surface area contributed by atoms with E-state index in [1.54, 1.807) is 6.08 Å². The third kappa shape index (κ3) is 54.0. The molecule has 0 bridgehead atoms. The number of allylic oxidation sites excluding steroid dienone is 9. The van der Waals surface area contributed by atoms with Crippen LogP contribution < -0.4 is 10.2 Å². The number of phosphoric acid groups is 1. The number of amides is 1. The topological polar surface area (TPSA) is 108 Å². The second-order valence-corrected chi connectivity index (χ2v) is 22.8. The number of unbranched alkanes of at least 4 members (excludes halogenated alkanes) is 34. The first kappa shape index (κ1) is 68.2. The van der Waals surface area contributed by atoms with Crippen molar-refractivity contribution in [1.29, 1.82) is 0 Å². The molecule has 0 aromatic heterocycles. The van der Waals surface area contributed by atoms with Crippen LogP contribution in [0.5, 0.6) is 0 Å². The Morgan fingerprint density at radius 3 is 1.31 bits per heavy atom. The maximum absolute atomic E-state index is 12.9. The summed E-state index contributed by atoms with van der Waals surface area (Å²) < 4.78 is 23.2. The molecule has 0 aromatic rings. The third-order valence-electron chi connectivity index (χ3n) is 13.3. The Morgan fingerprint density at radius 2 is 0.900 bits per heavy atom. The van der Waals surface area contributed by atoms with Crippen LogP contribution in [0.4, 0.5) is 0 Å². The van der Waals surface area contributed by atoms with Gasteiger partial charge in [0.2, 0.25) is 5.91 Å². The van der Waals surface area contributed by atoms with Gasteiger partial charge >= 0.3 is 0 Å². The van der Waals surface area contributed by atoms with E-state index < -0.39 is 26.6 Å². The van der Waals surface area contributed by atoms with Gasteiger partial charge in [-0.25, -0.2) is 0 Å². The van der Waals surface area contributed by atoms with Gasteiger partial charge in [-0.05, 0) is 71.1 Å². The number of aliphatic hydroxyl groups excluding tert-OH is 1. The van der Waals surface area contributed by atoms with Crippen molar-refractivity contribution in [1.82, 2.24) is 5.32 Å². The predicted octanol–water partition coefficient (Wildman–Crippen LogP) is 17.5. The molecule has 8 nitrogen and oxygen atoms in total. The van der Waals surface area contributed by atoms with Gasteiger partial charge < -0.3 is 28.8 Å². The van der Waals surface area contributed by atoms with E-state index in [4.69, 9.17) is 9.05 Å². The van der Waals surface area contributed by atoms with Crippen LogP contribution in [0.1, 0.15) is 271 Å². The molecule has 3 unspecified atom stereocenters. The van der Waals surface area contributed by atoms with E-state index in [9.17, 15) is 19.4 Å². The number of rotatable bonds is 54. The lowest BCUT2D eigenvalue weighted by molar-refractivity contribution is -0.870. The molecule has 1 amide bonds. The maximum Gasteiger partial charge on any atom is 0.268 e. The fraction of sp³-hybridized carbons (Fsp3) is 0.820. The monoisotopic (exact) mass is 1000 g/mol. The third-order valence-corrected chi connectivity index (χ3v) is 14.2. The van der Waals surface area contributed by atoms with E-state index in [0.717, 1.165) is 51.4 Å². The Kier molecular flexibility index (Phi) is 50.7. The van der Waals surface area contributed by atoms with Crippen molar-refractivity contribution in [3.8, 4) is 0 Å². The van der Waals surface area contributed by atoms with Gasteiger partial charge in [0.15, 0.2) is 0 Å². The van der Waals surface area contributed by atoms with E-state index in [-0.39, 0.29) is 12.5 Å². The second kappa shape index (κ2) is 52.1. The van der Waals surface area contributed by atoms with E-state index in [0.29, 0.717) is 17.4 Å². The van der Waals surface area contributed by atoms with Crippen LogP contribution in [-0.2, 0) is 18.4 Å². The van der Waals surface area contributed by atoms with E-state index in [1.165, 1.54) is 199 Å². The maximum atomic E-state index is 12.9. The van der Waals surface area contributed by atoms with Gasteiger partial charge in [-0.3, -0.25) is 9.36 Å². The van der Waals surface area contributed by atoms with Crippen molar-refractivity contribution in [3.05, 3.63) is 60.8 Å². The molecule has 70 heavy (non-hydrogen) atoms. The molecule has 0 aliphatic carbocycles. The minimum absolute atomic E-state index is 0.00939. The van der Waals surface area contributed by atoms with Crippen LogP contribution in [0.15, 0.2) is 60.8 Å². The van der Waals surface area contributed by atoms with Gasteiger partial charge in [0, 0.05) is 6.42 Å². The van der Waals surface area contributed by atoms with Crippen LogP contribution in [0.2, 0.25) is 0 Å². The molecule has 0 saturated heterocycles. The molecular formula is C61H115N2O6P. The van der Waals surface area contributed by atoms with Crippen molar-refractivity contribution in [3.63, 3.8) is 0 Å². The minimum atomic E-state index is -4.60. The average molecular weight is 1000 g/mol. The zero-order valence-electron chi connectivity index (χ0n) is 46.7. The molecule has 0 spiro atoms. The number of aliphatic hydroxyl groups is 1. The number of hydrogen-bond donors (Lipinski definition) is 2. The van der Waals surface area contributed by atoms with Crippen LogP contribution >= 0.6 is 7.82 Å². The molecule has 0 aromatic carbocycles. The lowest BCUT2D eigenvalue weighted by atomic mass is 10.0. The number of quaternary nitrogens is 1. The zero-order valence-corrected chi connectivity index (χ0v) is 47.6. The summed E-state index contributed by atoms with van der Waals surface area (Å²) in [6.07, 6.45) is 70.9. The zero-order chi connectivity index (χ0) is 51.3. The summed E-state index contributed by atoms with van der Waals surface area (Å²) in [7, 11) is 1.24. The second-order valence-electron chi connectivity index (χ2n) is 21.3. The smallest absolute Gasteiger partial charge is 0.268 e. The van der Waals surface area contributed by atoms with Gasteiger partial charge in [0.05, 0.1) is 39.9 Å². The summed E-state index contributed by atoms with van der Waals surface area (Å²) >= 11 is 0. The first-order chi connectivity index (χ1) is 34.0. The number of nitrogens with zero attached hydrogens (tertiary/aromatic N) is 1. The Morgan fingerprint density at radius 1 is 0.529 bits per heavy atom. The Hall–Kier alpha value is -1.80. The summed E-state index contributed by atoms with van der Waals surface area (Å²) in [6, 6.07) is -0.907. The van der Waals surface area contributed by atoms with E-state index in [1.807, 2.05) is 40.2 Å². The molecule has 3 atom stereocenters. The number of likely N-dealkylation sites (N-methyl/N-ethyl adjacent to an activating group) is 1. The fourth-order valence-corrected chi connectivity index (χ4v) is 9.36. The molecule has 0 radical (unpaired) electrons. The highest BCUT2D eigenvalue weighted by atomic mass is 31.2. The van der Waals surface area contributed by atoms with Crippen molar-refractivity contribution >= 4 is 13.7 Å². The molecule has 2 N–H and O–H groups in total. The molecule has 0 heterocycles. The van der Waals surface area contributed by atoms with Crippen molar-refractivity contribution < 1.29 is 32.9 Å². The summed E-state index contributed by atoms with van der Waals surface area (Å²) in [5.41, 5.74) is 0. The van der Waals surface area contributed by atoms with Crippen LogP contribution in [0.3, 0.4) is 0 Å². The van der Waals surface area contributed by atoms with Gasteiger partial charge in [0.25, 0.3) is 7.82 Å². The molecular weight excluding hydrogens is 888 g/mol. The molecule has 9 heteroatoms. The Bertz CT molecular complexity index is 1320. The summed E-state index contributed by atoms with van der Waals surface area (Å²) in [5.74, 6) is -0.212. The summed E-state index contributed by atoms with van der Waals surface area (Å²) in [4.78, 5) is 25.3. The lowest BCUT2D eigenvalue weighted by Crippen LogP contribution is -2.45. The molecule has 0 fully saturated rings. The molecule has 0 aliphatic heterocycles. The van der Waals surface area contributed by atoms with Gasteiger partial charge in [-0.2, -0.15) is 0 Å². The lowest BCUT2D eigenvalue weighted by Gasteiger charge is -2.29. The molecule has 410 valence electrons. The highest BCUT2D eigenvalue weighted by Crippen LogP contribution is 2.38. The van der Waals surface area contributed by atoms with Crippen molar-refractivity contribution in [2.75, 3.05) is 40.9 Å². The summed E-state index contributed by atoms with van der Waals surface area (Å²) in [5, 5.41) is 13.7. The highest BCUT2D eigenvalue weighted by Gasteiger charge is 2.23. The first-order valence-electron chi connectivity index (χ1n) is 29.6. The Balaban J connectivity index is 3.79. The first-order valence-corrected chi connectivity index (χ1v) is 31.1. The molecule has 0 rings (SSSR count). The van der Waals surface area contributed by atoms with Crippen LogP contribution in [0, 0.1) is 0 Å². The van der Waals surface area contributed by atoms with Gasteiger partial charge in [0.1, 0.15) is 13.2 Å². The van der Waals surface area contributed by atoms with Crippen LogP contribution in [0.25, 0.3) is 0 Å². The normalized spacial score (nSPS) is 14.3. The van der Waals surface area contributed by atoms with Crippen molar-refractivity contribution in [2.24, 2.45) is 0 Å². The number of nitrogens with one attached hydrogen (secondary N) is 1. The highest BCUT2D eigenvalue weighted by molar-refractivity contribution is 7.45. The molecule has 0 saturated carbocycles. The van der Waals surface area contributed by atoms with Gasteiger partial charge in [-0.15, -0.1) is 0 Å². The summed E-state index contributed by atoms with van der Waals surface area (Å²) in [6.45, 7) is 4.38. The predicted molar refractivity (Wildman–Crippen MR) is 302 cm³/mol. The fourth-order valence-electron chi connectivity index (χ4n) is 8.64. The van der Waals surface area contributed by atoms with Crippen LogP contribution in [-0.4, -0.2) is 68.5 Å². The number of carbonyl (C=O) groups is 1. The minimum Gasteiger partial charge on any atom is -0.756 e. The SMILES string of the molecule is C/C=C/CC/C=C/CC/C=C/C(O)C(COP(=O)([O-])OCC[N+](C)(C)C)NC(=O)CCCCCCCCCCCCCCCCCCCCCCCCCCCCC/C=C\C/C=C\CCCCCCC. The number of hydrogen-bond acceptors (Lipinski definition) is 6. The largest absolute Gasteiger partial charge is 0.756 e. The van der Waals surface area contributed by atoms with Crippen molar-refractivity contribution in [2.45, 2.75) is 283 Å². The van der Waals surface area contributed by atoms with Gasteiger partial charge in [-0.1, -0.05) is 254 Å². The van der Waals surface area contributed by atoms with E-state index in [2.05, 4.69) is 54.8 Å². The average Bonchev–Trinajstić information content (AvgIpc) is 3.32. The number of phosphoric ester groups is 1. The Labute approximate surface area is 434 Å². The van der Waals surface area contributed by atoms with E-state index >= 15 is 0 Å². The standard InChI is InChI=1S/C61H115N2O6P/c1-6-8-10-12-14-16-17-18-19-20-21-22-23-24-25-26-27-28-29-30-31-32-33-34-35-36-37-38-39-40-41-42-43-44-45-47-49-51-53-55-61(65)62-59(58-69-70(66,67)68-57-56-63(3,4)5)60(64)54-52-50-48-46-15-13-11-9-7-2/h7,9,15,17-18,20-21,46,52,54,59-60,64H,6,8,10-14,16,19,22-45,47-51,53,55-58H2,1-5H3,(H-,62,65,66,67)/b9-7+,18-17-,21-20-,46-15+,54-52+. The quantitative estimate of drug-likeness (QED) is 0.0272. The molecule has 0 aliphatic rings. The number of carbonyl (C=O) groups excluding carboxylic acids is 1.